The Balaban J connectivity index is 1.03. The summed E-state index contributed by atoms with van der Waals surface area (Å²) >= 11 is 1.77. The van der Waals surface area contributed by atoms with Crippen molar-refractivity contribution in [3.63, 3.8) is 0 Å². The van der Waals surface area contributed by atoms with Crippen LogP contribution in [0.2, 0.25) is 0 Å². The highest BCUT2D eigenvalue weighted by atomic mass is 32.1. The van der Waals surface area contributed by atoms with Crippen LogP contribution in [0.3, 0.4) is 0 Å². The first-order chi connectivity index (χ1) is 31.2. The molecule has 4 heterocycles. The molecule has 4 aromatic heterocycles. The molecule has 0 N–H and O–H groups in total. The second-order valence-electron chi connectivity index (χ2n) is 15.8. The number of rotatable bonds is 6. The Kier molecular flexibility index (Phi) is 7.98. The first kappa shape index (κ1) is 35.5. The zero-order valence-corrected chi connectivity index (χ0v) is 34.4. The first-order valence-electron chi connectivity index (χ1n) is 21.0. The van der Waals surface area contributed by atoms with E-state index in [2.05, 4.69) is 162 Å². The van der Waals surface area contributed by atoms with Crippen LogP contribution in [0.5, 0.6) is 0 Å². The second-order valence-corrected chi connectivity index (χ2v) is 16.9. The number of para-hydroxylation sites is 2. The zero-order valence-electron chi connectivity index (χ0n) is 33.6. The molecule has 0 saturated carbocycles. The number of nitrogens with zero attached hydrogens (tertiary/aromatic N) is 5. The lowest BCUT2D eigenvalue weighted by molar-refractivity contribution is 0.620. The van der Waals surface area contributed by atoms with Gasteiger partial charge in [-0.25, -0.2) is 19.9 Å². The molecule has 0 saturated heterocycles. The van der Waals surface area contributed by atoms with Gasteiger partial charge in [0, 0.05) is 58.9 Å². The lowest BCUT2D eigenvalue weighted by atomic mass is 9.99. The van der Waals surface area contributed by atoms with Gasteiger partial charge in [0.25, 0.3) is 0 Å². The molecule has 13 rings (SSSR count). The largest absolute Gasteiger partial charge is 0.436 e. The minimum Gasteiger partial charge on any atom is -0.436 e. The summed E-state index contributed by atoms with van der Waals surface area (Å²) in [5, 5.41) is 6.90. The lowest BCUT2D eigenvalue weighted by Gasteiger charge is -2.13. The minimum absolute atomic E-state index is 0.594. The lowest BCUT2D eigenvalue weighted by Crippen LogP contribution is -2.02. The van der Waals surface area contributed by atoms with E-state index in [1.807, 2.05) is 42.5 Å². The molecule has 0 aliphatic carbocycles. The molecule has 0 aliphatic rings. The molecule has 7 heteroatoms. The molecule has 13 aromatic rings. The number of benzene rings is 9. The predicted molar refractivity (Wildman–Crippen MR) is 259 cm³/mol. The van der Waals surface area contributed by atoms with Gasteiger partial charge in [-0.05, 0) is 82.6 Å². The summed E-state index contributed by atoms with van der Waals surface area (Å²) < 4.78 is 11.0. The topological polar surface area (TPSA) is 69.6 Å². The van der Waals surface area contributed by atoms with E-state index in [0.717, 1.165) is 87.4 Å². The van der Waals surface area contributed by atoms with Crippen molar-refractivity contribution in [1.29, 1.82) is 0 Å². The van der Waals surface area contributed by atoms with Crippen LogP contribution in [0.25, 0.3) is 126 Å². The maximum atomic E-state index is 6.38. The fourth-order valence-corrected chi connectivity index (χ4v) is 10.3. The summed E-state index contributed by atoms with van der Waals surface area (Å²) in [6.07, 6.45) is 0. The molecule has 6 nitrogen and oxygen atoms in total. The normalized spacial score (nSPS) is 11.8. The Bertz CT molecular complexity index is 3870. The molecule has 0 aliphatic heterocycles. The van der Waals surface area contributed by atoms with Crippen molar-refractivity contribution < 1.29 is 4.42 Å². The molecule has 63 heavy (non-hydrogen) atoms. The number of hydrogen-bond donors (Lipinski definition) is 0. The average Bonchev–Trinajstić information content (AvgIpc) is 4.07. The van der Waals surface area contributed by atoms with Crippen LogP contribution in [-0.4, -0.2) is 24.5 Å². The van der Waals surface area contributed by atoms with E-state index in [0.29, 0.717) is 23.4 Å². The van der Waals surface area contributed by atoms with Gasteiger partial charge in [0.2, 0.25) is 5.89 Å². The van der Waals surface area contributed by atoms with Crippen molar-refractivity contribution in [3.05, 3.63) is 200 Å². The van der Waals surface area contributed by atoms with Crippen LogP contribution >= 0.6 is 11.3 Å². The zero-order chi connectivity index (χ0) is 41.4. The smallest absolute Gasteiger partial charge is 0.227 e. The fourth-order valence-electron chi connectivity index (χ4n) is 9.19. The van der Waals surface area contributed by atoms with Crippen LogP contribution in [0.1, 0.15) is 0 Å². The van der Waals surface area contributed by atoms with Crippen LogP contribution in [-0.2, 0) is 0 Å². The van der Waals surface area contributed by atoms with Crippen molar-refractivity contribution in [2.45, 2.75) is 0 Å². The van der Waals surface area contributed by atoms with Gasteiger partial charge in [-0.1, -0.05) is 140 Å². The fraction of sp³-hybridized carbons (Fsp3) is 0. The molecule has 0 spiro atoms. The Morgan fingerprint density at radius 3 is 1.75 bits per heavy atom. The molecule has 0 atom stereocenters. The van der Waals surface area contributed by atoms with Gasteiger partial charge in [0.05, 0.1) is 11.0 Å². The van der Waals surface area contributed by atoms with Gasteiger partial charge in [-0.2, -0.15) is 0 Å². The highest BCUT2D eigenvalue weighted by Gasteiger charge is 2.20. The average molecular weight is 824 g/mol. The molecule has 294 valence electrons. The molecule has 0 amide bonds. The van der Waals surface area contributed by atoms with Gasteiger partial charge < -0.3 is 8.98 Å². The quantitative estimate of drug-likeness (QED) is 0.167. The van der Waals surface area contributed by atoms with E-state index in [1.165, 1.54) is 15.5 Å². The van der Waals surface area contributed by atoms with Crippen molar-refractivity contribution in [3.8, 4) is 62.4 Å². The SMILES string of the molecule is c1ccc(-c2nc3c(ccc4sc5ccc6ccc(-c7nc(-c8cccc(-n9c%10ccccc%10c%10ccccc%109)c8)nc(-c8ccccc8-c8ccccc8)n7)cc6c5c43)o2)cc1. The second kappa shape index (κ2) is 14.2. The van der Waals surface area contributed by atoms with E-state index in [4.69, 9.17) is 24.4 Å². The molecule has 9 aromatic carbocycles. The Morgan fingerprint density at radius 2 is 0.984 bits per heavy atom. The van der Waals surface area contributed by atoms with Crippen LogP contribution in [0.4, 0.5) is 0 Å². The van der Waals surface area contributed by atoms with Crippen molar-refractivity contribution in [2.75, 3.05) is 0 Å². The summed E-state index contributed by atoms with van der Waals surface area (Å²) in [6.45, 7) is 0. The van der Waals surface area contributed by atoms with Crippen LogP contribution < -0.4 is 0 Å². The van der Waals surface area contributed by atoms with Crippen LogP contribution in [0, 0.1) is 0 Å². The standard InChI is InChI=1S/C56H33N5OS/c1-3-14-34(15-4-1)40-20-7-8-23-43(40)55-59-53(37-18-13-19-39(32-37)61-45-24-11-9-21-41(45)42-22-10-12-25-46(42)61)58-54(60-55)38-27-26-35-28-30-48-50(44(35)33-38)51-49(63-48)31-29-47-52(51)57-56(62-47)36-16-5-2-6-17-36/h1-33H. The van der Waals surface area contributed by atoms with Crippen LogP contribution in [0.15, 0.2) is 205 Å². The van der Waals surface area contributed by atoms with Crippen molar-refractivity contribution in [1.82, 2.24) is 24.5 Å². The monoisotopic (exact) mass is 823 g/mol. The number of thiophene rings is 1. The molecular formula is C56H33N5OS. The van der Waals surface area contributed by atoms with E-state index < -0.39 is 0 Å². The van der Waals surface area contributed by atoms with E-state index in [1.54, 1.807) is 11.3 Å². The molecule has 0 fully saturated rings. The summed E-state index contributed by atoms with van der Waals surface area (Å²) in [4.78, 5) is 21.0. The minimum atomic E-state index is 0.594. The van der Waals surface area contributed by atoms with E-state index in [9.17, 15) is 0 Å². The van der Waals surface area contributed by atoms with Gasteiger partial charge in [0.15, 0.2) is 23.1 Å². The molecule has 0 radical (unpaired) electrons. The third-order valence-corrected chi connectivity index (χ3v) is 13.2. The van der Waals surface area contributed by atoms with Crippen molar-refractivity contribution >= 4 is 75.2 Å². The number of hydrogen-bond acceptors (Lipinski definition) is 6. The summed E-state index contributed by atoms with van der Waals surface area (Å²) in [5.41, 5.74) is 10.8. The van der Waals surface area contributed by atoms with Gasteiger partial charge >= 0.3 is 0 Å². The van der Waals surface area contributed by atoms with E-state index >= 15 is 0 Å². The first-order valence-corrected chi connectivity index (χ1v) is 21.8. The summed E-state index contributed by atoms with van der Waals surface area (Å²) in [6, 6.07) is 69.7. The predicted octanol–water partition coefficient (Wildman–Crippen LogP) is 15.0. The Labute approximate surface area is 365 Å². The Hall–Kier alpha value is -8.26. The molecule has 0 bridgehead atoms. The molecule has 0 unspecified atom stereocenters. The maximum absolute atomic E-state index is 6.38. The van der Waals surface area contributed by atoms with Gasteiger partial charge in [-0.15, -0.1) is 11.3 Å². The number of fused-ring (bicyclic) bond motifs is 10. The number of oxazole rings is 1. The summed E-state index contributed by atoms with van der Waals surface area (Å²) in [7, 11) is 0. The highest BCUT2D eigenvalue weighted by molar-refractivity contribution is 7.26. The molecular weight excluding hydrogens is 791 g/mol. The maximum Gasteiger partial charge on any atom is 0.227 e. The Morgan fingerprint density at radius 1 is 0.397 bits per heavy atom. The number of aromatic nitrogens is 5. The highest BCUT2D eigenvalue weighted by Crippen LogP contribution is 2.44. The summed E-state index contributed by atoms with van der Waals surface area (Å²) in [5.74, 6) is 2.41. The third-order valence-electron chi connectivity index (χ3n) is 12.1. The van der Waals surface area contributed by atoms with Crippen molar-refractivity contribution in [2.24, 2.45) is 0 Å². The van der Waals surface area contributed by atoms with Gasteiger partial charge in [0.1, 0.15) is 5.52 Å². The van der Waals surface area contributed by atoms with E-state index in [-0.39, 0.29) is 0 Å². The van der Waals surface area contributed by atoms with Gasteiger partial charge in [-0.3, -0.25) is 0 Å². The third kappa shape index (κ3) is 5.78.